The predicted molar refractivity (Wildman–Crippen MR) is 87.2 cm³/mol. The molecule has 0 saturated carbocycles. The maximum atomic E-state index is 10.1. The molecule has 23 heavy (non-hydrogen) atoms. The molecule has 0 bridgehead atoms. The van der Waals surface area contributed by atoms with Crippen molar-refractivity contribution in [1.82, 2.24) is 9.97 Å². The zero-order valence-corrected chi connectivity index (χ0v) is 12.4. The van der Waals surface area contributed by atoms with Gasteiger partial charge in [0, 0.05) is 23.4 Å². The summed E-state index contributed by atoms with van der Waals surface area (Å²) >= 11 is 0. The van der Waals surface area contributed by atoms with Gasteiger partial charge in [0.1, 0.15) is 17.2 Å². The summed E-state index contributed by atoms with van der Waals surface area (Å²) in [5.74, 6) is 0.723. The van der Waals surface area contributed by atoms with E-state index in [0.717, 1.165) is 11.3 Å². The van der Waals surface area contributed by atoms with Crippen LogP contribution in [0, 0.1) is 0 Å². The second-order valence-electron chi connectivity index (χ2n) is 4.92. The normalized spacial score (nSPS) is 10.5. The summed E-state index contributed by atoms with van der Waals surface area (Å²) in [5.41, 5.74) is 8.21. The van der Waals surface area contributed by atoms with Gasteiger partial charge in [-0.25, -0.2) is 9.97 Å². The predicted octanol–water partition coefficient (Wildman–Crippen LogP) is 2.81. The van der Waals surface area contributed by atoms with Crippen molar-refractivity contribution in [3.63, 3.8) is 0 Å². The molecule has 3 rings (SSSR count). The monoisotopic (exact) mass is 309 g/mol. The highest BCUT2D eigenvalue weighted by molar-refractivity contribution is 5.83. The van der Waals surface area contributed by atoms with Crippen LogP contribution in [-0.4, -0.2) is 27.3 Å². The Bertz CT molecular complexity index is 848. The number of benzene rings is 2. The fraction of sp³-hybridized carbons (Fsp3) is 0.0588. The number of ether oxygens (including phenoxy) is 1. The SMILES string of the molecule is COc1ccc(-c2cnc(N)nc2-c2ccc(O)cc2O)cc1. The van der Waals surface area contributed by atoms with Crippen molar-refractivity contribution in [3.8, 4) is 39.6 Å². The summed E-state index contributed by atoms with van der Waals surface area (Å²) in [6.45, 7) is 0. The van der Waals surface area contributed by atoms with Gasteiger partial charge in [0.05, 0.1) is 12.8 Å². The van der Waals surface area contributed by atoms with E-state index in [-0.39, 0.29) is 17.4 Å². The van der Waals surface area contributed by atoms with Crippen LogP contribution in [0.15, 0.2) is 48.7 Å². The standard InChI is InChI=1S/C17H15N3O3/c1-23-12-5-2-10(3-6-12)14-9-19-17(18)20-16(14)13-7-4-11(21)8-15(13)22/h2-9,21-22H,1H3,(H2,18,19,20). The Balaban J connectivity index is 2.17. The Morgan fingerprint density at radius 2 is 1.74 bits per heavy atom. The van der Waals surface area contributed by atoms with Crippen LogP contribution in [-0.2, 0) is 0 Å². The average Bonchev–Trinajstić information content (AvgIpc) is 2.55. The minimum absolute atomic E-state index is 0.0284. The molecule has 116 valence electrons. The van der Waals surface area contributed by atoms with Crippen molar-refractivity contribution >= 4 is 5.95 Å². The van der Waals surface area contributed by atoms with Crippen molar-refractivity contribution in [3.05, 3.63) is 48.7 Å². The quantitative estimate of drug-likeness (QED) is 0.687. The number of hydrogen-bond donors (Lipinski definition) is 3. The first kappa shape index (κ1) is 14.6. The number of rotatable bonds is 3. The van der Waals surface area contributed by atoms with Gasteiger partial charge in [-0.15, -0.1) is 0 Å². The third-order valence-electron chi connectivity index (χ3n) is 3.44. The molecule has 0 radical (unpaired) electrons. The Labute approximate surface area is 132 Å². The van der Waals surface area contributed by atoms with Gasteiger partial charge in [0.25, 0.3) is 0 Å². The molecule has 0 spiro atoms. The maximum absolute atomic E-state index is 10.1. The van der Waals surface area contributed by atoms with E-state index in [1.165, 1.54) is 12.1 Å². The molecular formula is C17H15N3O3. The molecule has 0 saturated heterocycles. The lowest BCUT2D eigenvalue weighted by Crippen LogP contribution is -1.99. The molecule has 0 amide bonds. The smallest absolute Gasteiger partial charge is 0.220 e. The molecule has 6 heteroatoms. The van der Waals surface area contributed by atoms with Crippen molar-refractivity contribution < 1.29 is 14.9 Å². The minimum Gasteiger partial charge on any atom is -0.508 e. The third kappa shape index (κ3) is 2.87. The molecule has 3 aromatic rings. The molecular weight excluding hydrogens is 294 g/mol. The van der Waals surface area contributed by atoms with E-state index in [9.17, 15) is 10.2 Å². The topological polar surface area (TPSA) is 101 Å². The zero-order chi connectivity index (χ0) is 16.4. The summed E-state index contributed by atoms with van der Waals surface area (Å²) < 4.78 is 5.15. The van der Waals surface area contributed by atoms with Gasteiger partial charge >= 0.3 is 0 Å². The Morgan fingerprint density at radius 3 is 2.39 bits per heavy atom. The van der Waals surface area contributed by atoms with Crippen molar-refractivity contribution in [2.75, 3.05) is 12.8 Å². The summed E-state index contributed by atoms with van der Waals surface area (Å²) in [6.07, 6.45) is 1.60. The second-order valence-corrected chi connectivity index (χ2v) is 4.92. The molecule has 4 N–H and O–H groups in total. The van der Waals surface area contributed by atoms with Crippen LogP contribution in [0.5, 0.6) is 17.2 Å². The fourth-order valence-corrected chi connectivity index (χ4v) is 2.30. The lowest BCUT2D eigenvalue weighted by atomic mass is 10.00. The molecule has 0 fully saturated rings. The Kier molecular flexibility index (Phi) is 3.72. The first-order chi connectivity index (χ1) is 11.1. The first-order valence-electron chi connectivity index (χ1n) is 6.88. The molecule has 1 aromatic heterocycles. The van der Waals surface area contributed by atoms with E-state index < -0.39 is 0 Å². The van der Waals surface area contributed by atoms with Crippen LogP contribution in [0.25, 0.3) is 22.4 Å². The number of nitrogen functional groups attached to an aromatic ring is 1. The molecule has 0 aliphatic rings. The van der Waals surface area contributed by atoms with Gasteiger partial charge in [-0.05, 0) is 29.8 Å². The molecule has 0 aliphatic carbocycles. The largest absolute Gasteiger partial charge is 0.508 e. The van der Waals surface area contributed by atoms with Gasteiger partial charge in [-0.2, -0.15) is 0 Å². The molecule has 2 aromatic carbocycles. The van der Waals surface area contributed by atoms with Gasteiger partial charge < -0.3 is 20.7 Å². The van der Waals surface area contributed by atoms with Crippen molar-refractivity contribution in [2.45, 2.75) is 0 Å². The van der Waals surface area contributed by atoms with E-state index in [1.807, 2.05) is 24.3 Å². The first-order valence-corrected chi connectivity index (χ1v) is 6.88. The van der Waals surface area contributed by atoms with E-state index in [1.54, 1.807) is 19.4 Å². The minimum atomic E-state index is -0.0853. The highest BCUT2D eigenvalue weighted by atomic mass is 16.5. The number of hydrogen-bond acceptors (Lipinski definition) is 6. The van der Waals surface area contributed by atoms with E-state index in [2.05, 4.69) is 9.97 Å². The summed E-state index contributed by atoms with van der Waals surface area (Å²) in [6, 6.07) is 11.7. The molecule has 6 nitrogen and oxygen atoms in total. The Hall–Kier alpha value is -3.28. The van der Waals surface area contributed by atoms with Crippen LogP contribution in [0.4, 0.5) is 5.95 Å². The third-order valence-corrected chi connectivity index (χ3v) is 3.44. The number of phenols is 2. The number of phenolic OH excluding ortho intramolecular Hbond substituents is 2. The maximum Gasteiger partial charge on any atom is 0.220 e. The number of nitrogens with zero attached hydrogens (tertiary/aromatic N) is 2. The molecule has 0 aliphatic heterocycles. The number of methoxy groups -OCH3 is 1. The highest BCUT2D eigenvalue weighted by Crippen LogP contribution is 2.37. The highest BCUT2D eigenvalue weighted by Gasteiger charge is 2.14. The number of aromatic nitrogens is 2. The van der Waals surface area contributed by atoms with Gasteiger partial charge in [-0.1, -0.05) is 12.1 Å². The van der Waals surface area contributed by atoms with Gasteiger partial charge in [-0.3, -0.25) is 0 Å². The van der Waals surface area contributed by atoms with E-state index >= 15 is 0 Å². The molecule has 1 heterocycles. The van der Waals surface area contributed by atoms with Gasteiger partial charge in [0.15, 0.2) is 0 Å². The van der Waals surface area contributed by atoms with E-state index in [0.29, 0.717) is 16.8 Å². The molecule has 0 unspecified atom stereocenters. The summed E-state index contributed by atoms with van der Waals surface area (Å²) in [7, 11) is 1.60. The zero-order valence-electron chi connectivity index (χ0n) is 12.4. The lowest BCUT2D eigenvalue weighted by molar-refractivity contribution is 0.415. The van der Waals surface area contributed by atoms with Crippen LogP contribution >= 0.6 is 0 Å². The van der Waals surface area contributed by atoms with Crippen LogP contribution < -0.4 is 10.5 Å². The second kappa shape index (κ2) is 5.84. The summed E-state index contributed by atoms with van der Waals surface area (Å²) in [4.78, 5) is 8.28. The average molecular weight is 309 g/mol. The van der Waals surface area contributed by atoms with Crippen molar-refractivity contribution in [2.24, 2.45) is 0 Å². The fourth-order valence-electron chi connectivity index (χ4n) is 2.30. The van der Waals surface area contributed by atoms with Crippen LogP contribution in [0.3, 0.4) is 0 Å². The Morgan fingerprint density at radius 1 is 1.00 bits per heavy atom. The summed E-state index contributed by atoms with van der Waals surface area (Å²) in [5, 5.41) is 19.6. The number of anilines is 1. The van der Waals surface area contributed by atoms with E-state index in [4.69, 9.17) is 10.5 Å². The lowest BCUT2D eigenvalue weighted by Gasteiger charge is -2.11. The molecule has 0 atom stereocenters. The number of nitrogens with two attached hydrogens (primary N) is 1. The van der Waals surface area contributed by atoms with Crippen LogP contribution in [0.1, 0.15) is 0 Å². The van der Waals surface area contributed by atoms with Gasteiger partial charge in [0.2, 0.25) is 5.95 Å². The van der Waals surface area contributed by atoms with Crippen molar-refractivity contribution in [1.29, 1.82) is 0 Å². The van der Waals surface area contributed by atoms with Crippen LogP contribution in [0.2, 0.25) is 0 Å². The number of aromatic hydroxyl groups is 2.